The van der Waals surface area contributed by atoms with Crippen LogP contribution in [0.3, 0.4) is 0 Å². The molecule has 1 aliphatic carbocycles. The van der Waals surface area contributed by atoms with Crippen LogP contribution in [0.15, 0.2) is 12.2 Å². The quantitative estimate of drug-likeness (QED) is 0.514. The van der Waals surface area contributed by atoms with Crippen LogP contribution in [0.1, 0.15) is 33.1 Å². The molecule has 0 aliphatic heterocycles. The van der Waals surface area contributed by atoms with E-state index in [2.05, 4.69) is 12.6 Å². The Hall–Kier alpha value is -1.30. The van der Waals surface area contributed by atoms with E-state index in [1.807, 2.05) is 6.92 Å². The summed E-state index contributed by atoms with van der Waals surface area (Å²) in [4.78, 5) is 11.8. The van der Waals surface area contributed by atoms with Gasteiger partial charge in [-0.15, -0.1) is 0 Å². The number of nitriles is 1. The highest BCUT2D eigenvalue weighted by Crippen LogP contribution is 2.46. The predicted molar refractivity (Wildman–Crippen MR) is 56.8 cm³/mol. The number of esters is 1. The second-order valence-corrected chi connectivity index (χ2v) is 3.89. The van der Waals surface area contributed by atoms with E-state index in [0.29, 0.717) is 18.9 Å². The van der Waals surface area contributed by atoms with Crippen LogP contribution < -0.4 is 0 Å². The van der Waals surface area contributed by atoms with Crippen LogP contribution in [0, 0.1) is 22.7 Å². The second kappa shape index (κ2) is 4.48. The third-order valence-corrected chi connectivity index (χ3v) is 2.96. The Balaban J connectivity index is 2.91. The van der Waals surface area contributed by atoms with Crippen molar-refractivity contribution in [1.82, 2.24) is 0 Å². The molecule has 3 heteroatoms. The van der Waals surface area contributed by atoms with Crippen LogP contribution in [-0.4, -0.2) is 12.6 Å². The van der Waals surface area contributed by atoms with Gasteiger partial charge in [0, 0.05) is 0 Å². The van der Waals surface area contributed by atoms with Gasteiger partial charge in [-0.25, -0.2) is 4.79 Å². The van der Waals surface area contributed by atoms with Gasteiger partial charge in [0.05, 0.1) is 12.7 Å². The van der Waals surface area contributed by atoms with Crippen LogP contribution in [-0.2, 0) is 9.53 Å². The molecule has 0 aromatic rings. The number of carbonyl (C=O) groups is 1. The molecular weight excluding hydrogens is 190 g/mol. The lowest BCUT2D eigenvalue weighted by molar-refractivity contribution is -0.150. The lowest BCUT2D eigenvalue weighted by Gasteiger charge is -2.25. The molecule has 0 amide bonds. The Morgan fingerprint density at radius 2 is 2.20 bits per heavy atom. The molecule has 1 fully saturated rings. The zero-order valence-electron chi connectivity index (χ0n) is 9.38. The molecule has 82 valence electrons. The maximum Gasteiger partial charge on any atom is 0.330 e. The molecule has 0 N–H and O–H groups in total. The molecule has 3 nitrogen and oxygen atoms in total. The number of hydrogen-bond acceptors (Lipinski definition) is 3. The van der Waals surface area contributed by atoms with E-state index in [4.69, 9.17) is 4.74 Å². The van der Waals surface area contributed by atoms with Crippen LogP contribution in [0.25, 0.3) is 0 Å². The van der Waals surface area contributed by atoms with Gasteiger partial charge in [0.2, 0.25) is 0 Å². The summed E-state index contributed by atoms with van der Waals surface area (Å²) in [6, 6.07) is 2.10. The molecule has 0 spiro atoms. The summed E-state index contributed by atoms with van der Waals surface area (Å²) in [5.74, 6) is -0.0964. The topological polar surface area (TPSA) is 50.1 Å². The first-order chi connectivity index (χ1) is 7.12. The van der Waals surface area contributed by atoms with Gasteiger partial charge in [0.1, 0.15) is 0 Å². The Morgan fingerprint density at radius 1 is 1.60 bits per heavy atom. The molecule has 0 bridgehead atoms. The van der Waals surface area contributed by atoms with E-state index in [1.165, 1.54) is 0 Å². The summed E-state index contributed by atoms with van der Waals surface area (Å²) in [5.41, 5.74) is -0.372. The number of rotatable bonds is 5. The highest BCUT2D eigenvalue weighted by molar-refractivity contribution is 5.84. The van der Waals surface area contributed by atoms with E-state index in [-0.39, 0.29) is 0 Å². The van der Waals surface area contributed by atoms with Crippen molar-refractivity contribution in [3.8, 4) is 6.07 Å². The lowest BCUT2D eigenvalue weighted by atomic mass is 9.77. The number of carbonyl (C=O) groups excluding carboxylic acids is 1. The average molecular weight is 207 g/mol. The maximum atomic E-state index is 11.8. The summed E-state index contributed by atoms with van der Waals surface area (Å²) < 4.78 is 4.97. The zero-order chi connectivity index (χ0) is 11.5. The third-order valence-electron chi connectivity index (χ3n) is 2.96. The Morgan fingerprint density at radius 3 is 2.53 bits per heavy atom. The van der Waals surface area contributed by atoms with Gasteiger partial charge >= 0.3 is 5.97 Å². The first kappa shape index (κ1) is 11.8. The zero-order valence-corrected chi connectivity index (χ0v) is 9.38. The monoisotopic (exact) mass is 207 g/mol. The van der Waals surface area contributed by atoms with E-state index in [9.17, 15) is 10.1 Å². The van der Waals surface area contributed by atoms with Crippen molar-refractivity contribution in [2.24, 2.45) is 11.3 Å². The van der Waals surface area contributed by atoms with Gasteiger partial charge in [-0.1, -0.05) is 13.5 Å². The molecule has 1 unspecified atom stereocenters. The molecule has 0 aromatic heterocycles. The highest BCUT2D eigenvalue weighted by atomic mass is 16.5. The van der Waals surface area contributed by atoms with Gasteiger partial charge in [-0.05, 0) is 37.7 Å². The molecule has 1 atom stereocenters. The largest absolute Gasteiger partial charge is 0.465 e. The van der Waals surface area contributed by atoms with Crippen LogP contribution in [0.5, 0.6) is 0 Å². The minimum atomic E-state index is -1.11. The van der Waals surface area contributed by atoms with Gasteiger partial charge in [0.15, 0.2) is 5.41 Å². The molecule has 0 aromatic carbocycles. The Bertz CT molecular complexity index is 312. The van der Waals surface area contributed by atoms with Crippen molar-refractivity contribution < 1.29 is 9.53 Å². The van der Waals surface area contributed by atoms with Crippen molar-refractivity contribution in [3.63, 3.8) is 0 Å². The summed E-state index contributed by atoms with van der Waals surface area (Å²) in [6.45, 7) is 7.79. The highest BCUT2D eigenvalue weighted by Gasteiger charge is 2.46. The third kappa shape index (κ3) is 2.04. The van der Waals surface area contributed by atoms with Gasteiger partial charge in [-0.3, -0.25) is 0 Å². The van der Waals surface area contributed by atoms with Crippen molar-refractivity contribution in [1.29, 1.82) is 5.26 Å². The first-order valence-electron chi connectivity index (χ1n) is 5.40. The molecular formula is C12H17NO2. The molecule has 15 heavy (non-hydrogen) atoms. The predicted octanol–water partition coefficient (Wildman–Crippen LogP) is 2.44. The van der Waals surface area contributed by atoms with Crippen molar-refractivity contribution in [3.05, 3.63) is 12.2 Å². The molecule has 1 saturated carbocycles. The van der Waals surface area contributed by atoms with Crippen molar-refractivity contribution >= 4 is 5.97 Å². The number of nitrogens with zero attached hydrogens (tertiary/aromatic N) is 1. The normalized spacial score (nSPS) is 18.7. The second-order valence-electron chi connectivity index (χ2n) is 3.89. The molecule has 1 rings (SSSR count). The fourth-order valence-corrected chi connectivity index (χ4v) is 1.73. The maximum absolute atomic E-state index is 11.8. The minimum absolute atomic E-state index is 0.306. The van der Waals surface area contributed by atoms with E-state index in [0.717, 1.165) is 18.4 Å². The fraction of sp³-hybridized carbons (Fsp3) is 0.667. The first-order valence-corrected chi connectivity index (χ1v) is 5.40. The van der Waals surface area contributed by atoms with E-state index in [1.54, 1.807) is 6.92 Å². The van der Waals surface area contributed by atoms with E-state index < -0.39 is 11.4 Å². The summed E-state index contributed by atoms with van der Waals surface area (Å²) in [5, 5.41) is 9.21. The number of ether oxygens (including phenoxy) is 1. The van der Waals surface area contributed by atoms with Crippen molar-refractivity contribution in [2.45, 2.75) is 33.1 Å². The van der Waals surface area contributed by atoms with Crippen LogP contribution in [0.4, 0.5) is 0 Å². The summed E-state index contributed by atoms with van der Waals surface area (Å²) in [7, 11) is 0. The molecule has 1 aliphatic rings. The molecule has 0 saturated heterocycles. The van der Waals surface area contributed by atoms with Crippen LogP contribution >= 0.6 is 0 Å². The van der Waals surface area contributed by atoms with Crippen LogP contribution in [0.2, 0.25) is 0 Å². The number of hydrogen-bond donors (Lipinski definition) is 0. The molecule has 0 radical (unpaired) electrons. The minimum Gasteiger partial charge on any atom is -0.465 e. The summed E-state index contributed by atoms with van der Waals surface area (Å²) in [6.07, 6.45) is 2.53. The van der Waals surface area contributed by atoms with Gasteiger partial charge in [0.25, 0.3) is 0 Å². The lowest BCUT2D eigenvalue weighted by Crippen LogP contribution is -2.33. The summed E-state index contributed by atoms with van der Waals surface area (Å²) >= 11 is 0. The molecule has 0 heterocycles. The smallest absolute Gasteiger partial charge is 0.330 e. The Labute approximate surface area is 90.7 Å². The Kier molecular flexibility index (Phi) is 3.52. The SMILES string of the molecule is C=C(C1CC1)C(C#N)(CC)C(=O)OCC. The standard InChI is InChI=1S/C12H17NO2/c1-4-12(8-13,11(14)15-5-2)9(3)10-6-7-10/h10H,3-7H2,1-2H3. The van der Waals surface area contributed by atoms with Gasteiger partial charge < -0.3 is 4.74 Å². The fourth-order valence-electron chi connectivity index (χ4n) is 1.73. The van der Waals surface area contributed by atoms with E-state index >= 15 is 0 Å². The van der Waals surface area contributed by atoms with Gasteiger partial charge in [-0.2, -0.15) is 5.26 Å². The van der Waals surface area contributed by atoms with Crippen molar-refractivity contribution in [2.75, 3.05) is 6.61 Å². The average Bonchev–Trinajstić information content (AvgIpc) is 3.04.